The summed E-state index contributed by atoms with van der Waals surface area (Å²) >= 11 is 0. The number of fused-ring (bicyclic) bond motifs is 2. The normalized spacial score (nSPS) is 15.3. The molecule has 0 spiro atoms. The number of nitrogens with zero attached hydrogens (tertiary/aromatic N) is 4. The Morgan fingerprint density at radius 2 is 1.94 bits per heavy atom. The highest BCUT2D eigenvalue weighted by molar-refractivity contribution is 6.05. The van der Waals surface area contributed by atoms with E-state index in [1.54, 1.807) is 6.20 Å². The fourth-order valence-electron chi connectivity index (χ4n) is 4.08. The number of hydrogen-bond acceptors (Lipinski definition) is 4. The summed E-state index contributed by atoms with van der Waals surface area (Å²) in [6.45, 7) is 8.33. The second-order valence-corrected chi connectivity index (χ2v) is 9.12. The summed E-state index contributed by atoms with van der Waals surface area (Å²) in [5, 5.41) is 8.54. The average Bonchev–Trinajstić information content (AvgIpc) is 3.36. The number of rotatable bonds is 6. The summed E-state index contributed by atoms with van der Waals surface area (Å²) in [5.74, 6) is 1.28. The molecule has 7 heteroatoms. The van der Waals surface area contributed by atoms with Crippen LogP contribution in [0.4, 0.5) is 0 Å². The van der Waals surface area contributed by atoms with Crippen LogP contribution in [0.5, 0.6) is 0 Å². The molecule has 0 saturated heterocycles. The van der Waals surface area contributed by atoms with Crippen molar-refractivity contribution in [3.8, 4) is 0 Å². The molecule has 5 rings (SSSR count). The Balaban J connectivity index is 1.54. The quantitative estimate of drug-likeness (QED) is 0.468. The van der Waals surface area contributed by atoms with Gasteiger partial charge < -0.3 is 10.3 Å². The number of hydrogen-bond donors (Lipinski definition) is 2. The van der Waals surface area contributed by atoms with Gasteiger partial charge in [-0.1, -0.05) is 26.0 Å². The molecule has 31 heavy (non-hydrogen) atoms. The topological polar surface area (TPSA) is 88.5 Å². The first kappa shape index (κ1) is 19.7. The van der Waals surface area contributed by atoms with Crippen molar-refractivity contribution < 1.29 is 4.79 Å². The molecule has 0 bridgehead atoms. The van der Waals surface area contributed by atoms with Crippen LogP contribution in [0.1, 0.15) is 80.4 Å². The van der Waals surface area contributed by atoms with Gasteiger partial charge >= 0.3 is 0 Å². The third-order valence-corrected chi connectivity index (χ3v) is 5.97. The number of carbonyl (C=O) groups is 1. The SMILES string of the molecule is CC(C)C(NC(=O)c1cc(C2CC2)nc2c1cnn2C(C)C)c1nc2ccccc2[nH]1. The third-order valence-electron chi connectivity index (χ3n) is 5.97. The first-order chi connectivity index (χ1) is 14.9. The average molecular weight is 417 g/mol. The summed E-state index contributed by atoms with van der Waals surface area (Å²) in [6, 6.07) is 9.82. The Labute approximate surface area is 181 Å². The smallest absolute Gasteiger partial charge is 0.252 e. The fraction of sp³-hybridized carbons (Fsp3) is 0.417. The summed E-state index contributed by atoms with van der Waals surface area (Å²) in [4.78, 5) is 26.5. The first-order valence-corrected chi connectivity index (χ1v) is 11.1. The summed E-state index contributed by atoms with van der Waals surface area (Å²) in [5.41, 5.74) is 4.29. The van der Waals surface area contributed by atoms with Crippen molar-refractivity contribution >= 4 is 28.0 Å². The van der Waals surface area contributed by atoms with E-state index in [4.69, 9.17) is 9.97 Å². The molecule has 1 aliphatic rings. The predicted molar refractivity (Wildman–Crippen MR) is 121 cm³/mol. The number of carbonyl (C=O) groups excluding carboxylic acids is 1. The van der Waals surface area contributed by atoms with E-state index in [0.29, 0.717) is 11.5 Å². The minimum atomic E-state index is -0.229. The van der Waals surface area contributed by atoms with Crippen LogP contribution in [-0.2, 0) is 0 Å². The van der Waals surface area contributed by atoms with Gasteiger partial charge in [-0.25, -0.2) is 14.6 Å². The van der Waals surface area contributed by atoms with Crippen molar-refractivity contribution in [2.45, 2.75) is 58.5 Å². The van der Waals surface area contributed by atoms with Gasteiger partial charge in [0.2, 0.25) is 0 Å². The molecule has 160 valence electrons. The molecule has 4 aromatic rings. The van der Waals surface area contributed by atoms with E-state index in [-0.39, 0.29) is 23.9 Å². The Hall–Kier alpha value is -3.22. The minimum absolute atomic E-state index is 0.114. The van der Waals surface area contributed by atoms with E-state index in [9.17, 15) is 4.79 Å². The summed E-state index contributed by atoms with van der Waals surface area (Å²) < 4.78 is 1.90. The molecule has 7 nitrogen and oxygen atoms in total. The van der Waals surface area contributed by atoms with Crippen LogP contribution in [0.15, 0.2) is 36.5 Å². The first-order valence-electron chi connectivity index (χ1n) is 11.1. The van der Waals surface area contributed by atoms with Crippen LogP contribution < -0.4 is 5.32 Å². The Bertz CT molecular complexity index is 1230. The lowest BCUT2D eigenvalue weighted by Gasteiger charge is -2.21. The van der Waals surface area contributed by atoms with Crippen LogP contribution in [0, 0.1) is 5.92 Å². The van der Waals surface area contributed by atoms with E-state index >= 15 is 0 Å². The highest BCUT2D eigenvalue weighted by Crippen LogP contribution is 2.40. The van der Waals surface area contributed by atoms with Crippen molar-refractivity contribution in [1.29, 1.82) is 0 Å². The Morgan fingerprint density at radius 3 is 2.61 bits per heavy atom. The number of aromatic amines is 1. The van der Waals surface area contributed by atoms with Gasteiger partial charge in [0.05, 0.1) is 34.2 Å². The molecule has 1 aromatic carbocycles. The highest BCUT2D eigenvalue weighted by atomic mass is 16.1. The number of aromatic nitrogens is 5. The predicted octanol–water partition coefficient (Wildman–Crippen LogP) is 4.89. The van der Waals surface area contributed by atoms with Gasteiger partial charge in [0.1, 0.15) is 5.82 Å². The molecule has 1 unspecified atom stereocenters. The van der Waals surface area contributed by atoms with E-state index in [1.807, 2.05) is 35.0 Å². The molecule has 1 aliphatic carbocycles. The molecular weight excluding hydrogens is 388 g/mol. The largest absolute Gasteiger partial charge is 0.342 e. The van der Waals surface area contributed by atoms with Gasteiger partial charge in [-0.15, -0.1) is 0 Å². The molecule has 1 fully saturated rings. The number of benzene rings is 1. The maximum Gasteiger partial charge on any atom is 0.252 e. The Morgan fingerprint density at radius 1 is 1.16 bits per heavy atom. The van der Waals surface area contributed by atoms with E-state index in [1.165, 1.54) is 0 Å². The molecule has 0 aliphatic heterocycles. The summed E-state index contributed by atoms with van der Waals surface area (Å²) in [6.07, 6.45) is 4.02. The van der Waals surface area contributed by atoms with Gasteiger partial charge in [-0.2, -0.15) is 5.10 Å². The molecule has 2 N–H and O–H groups in total. The van der Waals surface area contributed by atoms with E-state index < -0.39 is 0 Å². The molecule has 1 atom stereocenters. The van der Waals surface area contributed by atoms with Crippen LogP contribution >= 0.6 is 0 Å². The monoisotopic (exact) mass is 416 g/mol. The maximum absolute atomic E-state index is 13.5. The van der Waals surface area contributed by atoms with Crippen molar-refractivity contribution in [2.24, 2.45) is 5.92 Å². The zero-order valence-corrected chi connectivity index (χ0v) is 18.4. The molecule has 1 saturated carbocycles. The zero-order valence-electron chi connectivity index (χ0n) is 18.4. The molecular formula is C24H28N6O. The second kappa shape index (κ2) is 7.48. The van der Waals surface area contributed by atoms with Gasteiger partial charge in [-0.05, 0) is 50.8 Å². The standard InChI is InChI=1S/C24H28N6O/c1-13(2)21(22-26-18-7-5-6-8-19(18)27-22)29-24(31)16-11-20(15-9-10-15)28-23-17(16)12-25-30(23)14(3)4/h5-8,11-15,21H,9-10H2,1-4H3,(H,26,27)(H,29,31). The van der Waals surface area contributed by atoms with Crippen molar-refractivity contribution in [3.05, 3.63) is 53.6 Å². The minimum Gasteiger partial charge on any atom is -0.342 e. The van der Waals surface area contributed by atoms with Gasteiger partial charge in [0.15, 0.2) is 5.65 Å². The molecule has 3 heterocycles. The lowest BCUT2D eigenvalue weighted by atomic mass is 10.0. The van der Waals surface area contributed by atoms with Crippen molar-refractivity contribution in [1.82, 2.24) is 30.0 Å². The van der Waals surface area contributed by atoms with Crippen molar-refractivity contribution in [2.75, 3.05) is 0 Å². The highest BCUT2D eigenvalue weighted by Gasteiger charge is 2.29. The summed E-state index contributed by atoms with van der Waals surface area (Å²) in [7, 11) is 0. The third kappa shape index (κ3) is 3.58. The fourth-order valence-corrected chi connectivity index (χ4v) is 4.08. The number of imidazole rings is 1. The van der Waals surface area contributed by atoms with Gasteiger partial charge in [0.25, 0.3) is 5.91 Å². The van der Waals surface area contributed by atoms with Crippen molar-refractivity contribution in [3.63, 3.8) is 0 Å². The number of para-hydroxylation sites is 2. The van der Waals surface area contributed by atoms with E-state index in [0.717, 1.165) is 46.4 Å². The number of H-pyrrole nitrogens is 1. The number of amides is 1. The Kier molecular flexibility index (Phi) is 4.76. The molecule has 0 radical (unpaired) electrons. The second-order valence-electron chi connectivity index (χ2n) is 9.12. The lowest BCUT2D eigenvalue weighted by Crippen LogP contribution is -2.32. The van der Waals surface area contributed by atoms with Gasteiger partial charge in [-0.3, -0.25) is 4.79 Å². The zero-order chi connectivity index (χ0) is 21.7. The van der Waals surface area contributed by atoms with Crippen LogP contribution in [0.25, 0.3) is 22.1 Å². The molecule has 1 amide bonds. The van der Waals surface area contributed by atoms with Crippen LogP contribution in [-0.4, -0.2) is 30.6 Å². The number of pyridine rings is 1. The van der Waals surface area contributed by atoms with Crippen LogP contribution in [0.3, 0.4) is 0 Å². The van der Waals surface area contributed by atoms with Crippen LogP contribution in [0.2, 0.25) is 0 Å². The number of nitrogens with one attached hydrogen (secondary N) is 2. The lowest BCUT2D eigenvalue weighted by molar-refractivity contribution is 0.0925. The van der Waals surface area contributed by atoms with E-state index in [2.05, 4.69) is 43.1 Å². The maximum atomic E-state index is 13.5. The van der Waals surface area contributed by atoms with Gasteiger partial charge in [0, 0.05) is 17.7 Å². The molecule has 3 aromatic heterocycles.